The Kier molecular flexibility index (Phi) is 7.86. The van der Waals surface area contributed by atoms with Crippen LogP contribution in [0.3, 0.4) is 0 Å². The summed E-state index contributed by atoms with van der Waals surface area (Å²) in [6.45, 7) is 9.38. The van der Waals surface area contributed by atoms with Gasteiger partial charge in [0.1, 0.15) is 12.1 Å². The van der Waals surface area contributed by atoms with Crippen molar-refractivity contribution >= 4 is 11.8 Å². The lowest BCUT2D eigenvalue weighted by atomic mass is 9.45. The summed E-state index contributed by atoms with van der Waals surface area (Å²) in [5.74, 6) is 1.54. The molecule has 7 nitrogen and oxygen atoms in total. The molecule has 0 spiro atoms. The molecule has 3 N–H and O–H groups in total. The highest BCUT2D eigenvalue weighted by Gasteiger charge is 2.57. The molecule has 3 aliphatic carbocycles. The highest BCUT2D eigenvalue weighted by Crippen LogP contribution is 2.61. The molecule has 2 bridgehead atoms. The third kappa shape index (κ3) is 5.12. The number of carbonyl (C=O) groups excluding carboxylic acids is 2. The molecule has 6 rings (SSSR count). The van der Waals surface area contributed by atoms with Crippen molar-refractivity contribution in [3.05, 3.63) is 59.7 Å². The number of fused-ring (bicyclic) bond motifs is 2. The fourth-order valence-corrected chi connectivity index (χ4v) is 7.47. The smallest absolute Gasteiger partial charge is 0.251 e. The van der Waals surface area contributed by atoms with Gasteiger partial charge in [0.2, 0.25) is 5.91 Å². The van der Waals surface area contributed by atoms with Crippen LogP contribution in [0, 0.1) is 29.1 Å². The minimum Gasteiger partial charge on any atom is -0.394 e. The molecule has 1 saturated heterocycles. The quantitative estimate of drug-likeness (QED) is 0.468. The first-order valence-electron chi connectivity index (χ1n) is 14.4. The van der Waals surface area contributed by atoms with E-state index in [0.29, 0.717) is 35.3 Å². The van der Waals surface area contributed by atoms with Crippen LogP contribution in [0.4, 0.5) is 0 Å². The monoisotopic (exact) mass is 533 g/mol. The molecule has 4 fully saturated rings. The van der Waals surface area contributed by atoms with Crippen LogP contribution < -0.4 is 10.6 Å². The summed E-state index contributed by atoms with van der Waals surface area (Å²) < 4.78 is 0. The largest absolute Gasteiger partial charge is 0.394 e. The zero-order valence-electron chi connectivity index (χ0n) is 23.8. The van der Waals surface area contributed by atoms with E-state index in [2.05, 4.69) is 44.4 Å². The zero-order valence-corrected chi connectivity index (χ0v) is 23.8. The molecule has 0 unspecified atom stereocenters. The van der Waals surface area contributed by atoms with Crippen molar-refractivity contribution in [2.75, 3.05) is 13.7 Å². The highest BCUT2D eigenvalue weighted by molar-refractivity contribution is 5.95. The summed E-state index contributed by atoms with van der Waals surface area (Å²) in [6, 6.07) is 15.4. The van der Waals surface area contributed by atoms with Gasteiger partial charge in [-0.3, -0.25) is 14.4 Å². The summed E-state index contributed by atoms with van der Waals surface area (Å²) in [5.41, 5.74) is 3.90. The predicted octanol–water partition coefficient (Wildman–Crippen LogP) is 4.40. The number of nitrogens with one attached hydrogen (secondary N) is 2. The molecule has 2 amide bonds. The standard InChI is InChI=1S/C32H43N3O4/c1-6-25-28(18-36)39-35(29(25)31(38)34-27-16-24-15-26(19(27)2)32(24,3)4)17-20-9-7-10-21(13-20)22-11-8-12-23(14-22)30(37)33-5/h7-14,19,24-29,36H,6,15-18H2,1-5H3,(H,33,37)(H,34,38)/t19-,24+,25+,26-,27-,28-,29-/m0/s1. The summed E-state index contributed by atoms with van der Waals surface area (Å²) in [7, 11) is 1.62. The maximum absolute atomic E-state index is 13.8. The molecule has 4 aliphatic rings. The minimum atomic E-state index is -0.467. The number of carbonyl (C=O) groups is 2. The molecule has 2 aromatic rings. The van der Waals surface area contributed by atoms with E-state index < -0.39 is 12.1 Å². The van der Waals surface area contributed by atoms with Crippen LogP contribution >= 0.6 is 0 Å². The van der Waals surface area contributed by atoms with Crippen molar-refractivity contribution in [1.29, 1.82) is 0 Å². The second-order valence-electron chi connectivity index (χ2n) is 12.3. The van der Waals surface area contributed by atoms with Crippen LogP contribution in [-0.2, 0) is 16.2 Å². The number of hydrogen-bond donors (Lipinski definition) is 3. The van der Waals surface area contributed by atoms with E-state index in [1.165, 1.54) is 6.42 Å². The van der Waals surface area contributed by atoms with Crippen LogP contribution in [0.5, 0.6) is 0 Å². The predicted molar refractivity (Wildman–Crippen MR) is 151 cm³/mol. The molecule has 210 valence electrons. The van der Waals surface area contributed by atoms with Crippen molar-refractivity contribution < 1.29 is 19.5 Å². The zero-order chi connectivity index (χ0) is 27.9. The number of nitrogens with zero attached hydrogens (tertiary/aromatic N) is 1. The van der Waals surface area contributed by atoms with E-state index in [9.17, 15) is 14.7 Å². The van der Waals surface area contributed by atoms with Crippen LogP contribution in [0.2, 0.25) is 0 Å². The molecular formula is C32H43N3O4. The van der Waals surface area contributed by atoms with Crippen molar-refractivity contribution in [3.63, 3.8) is 0 Å². The van der Waals surface area contributed by atoms with Crippen molar-refractivity contribution in [1.82, 2.24) is 15.7 Å². The van der Waals surface area contributed by atoms with Gasteiger partial charge in [-0.1, -0.05) is 58.0 Å². The number of benzene rings is 2. The van der Waals surface area contributed by atoms with Crippen molar-refractivity contribution in [3.8, 4) is 11.1 Å². The second kappa shape index (κ2) is 11.0. The van der Waals surface area contributed by atoms with Gasteiger partial charge in [0.25, 0.3) is 5.91 Å². The van der Waals surface area contributed by atoms with Gasteiger partial charge in [-0.2, -0.15) is 5.06 Å². The van der Waals surface area contributed by atoms with Crippen LogP contribution in [0.15, 0.2) is 48.5 Å². The first kappa shape index (κ1) is 27.8. The van der Waals surface area contributed by atoms with E-state index in [-0.39, 0.29) is 30.4 Å². The van der Waals surface area contributed by atoms with Crippen LogP contribution in [-0.4, -0.2) is 53.8 Å². The molecule has 3 saturated carbocycles. The van der Waals surface area contributed by atoms with E-state index in [1.54, 1.807) is 18.2 Å². The Morgan fingerprint density at radius 3 is 2.46 bits per heavy atom. The Labute approximate surface area is 232 Å². The first-order valence-corrected chi connectivity index (χ1v) is 14.4. The number of rotatable bonds is 8. The summed E-state index contributed by atoms with van der Waals surface area (Å²) >= 11 is 0. The highest BCUT2D eigenvalue weighted by atomic mass is 16.7. The molecule has 1 heterocycles. The molecule has 39 heavy (non-hydrogen) atoms. The van der Waals surface area contributed by atoms with Gasteiger partial charge in [-0.05, 0) is 77.3 Å². The minimum absolute atomic E-state index is 0.00295. The maximum Gasteiger partial charge on any atom is 0.251 e. The molecule has 2 aromatic carbocycles. The second-order valence-corrected chi connectivity index (χ2v) is 12.3. The average Bonchev–Trinajstić information content (AvgIpc) is 3.30. The molecular weight excluding hydrogens is 490 g/mol. The lowest BCUT2D eigenvalue weighted by molar-refractivity contribution is -0.183. The SMILES string of the molecule is CC[C@@H]1[C@H](CO)ON(Cc2cccc(-c3cccc(C(=O)NC)c3)c2)[C@@H]1C(=O)N[C@H]1C[C@H]2C[C@@H]([C@@H]1C)C2(C)C. The average molecular weight is 534 g/mol. The number of aliphatic hydroxyl groups is 1. The lowest BCUT2D eigenvalue weighted by Gasteiger charge is -2.62. The Morgan fingerprint density at radius 2 is 1.82 bits per heavy atom. The fraction of sp³-hybridized carbons (Fsp3) is 0.562. The Hall–Kier alpha value is -2.74. The molecule has 1 aliphatic heterocycles. The van der Waals surface area contributed by atoms with Gasteiger partial charge in [-0.15, -0.1) is 0 Å². The molecule has 0 aromatic heterocycles. The Bertz CT molecular complexity index is 1210. The van der Waals surface area contributed by atoms with Gasteiger partial charge in [0.15, 0.2) is 0 Å². The number of hydrogen-bond acceptors (Lipinski definition) is 5. The van der Waals surface area contributed by atoms with Crippen molar-refractivity contribution in [2.24, 2.45) is 29.1 Å². The maximum atomic E-state index is 13.8. The van der Waals surface area contributed by atoms with Gasteiger partial charge < -0.3 is 15.7 Å². The summed E-state index contributed by atoms with van der Waals surface area (Å²) in [5, 5.41) is 17.9. The third-order valence-electron chi connectivity index (χ3n) is 10.0. The third-order valence-corrected chi connectivity index (χ3v) is 10.0. The molecule has 7 heteroatoms. The van der Waals surface area contributed by atoms with Gasteiger partial charge in [0.05, 0.1) is 13.2 Å². The Morgan fingerprint density at radius 1 is 1.10 bits per heavy atom. The Balaban J connectivity index is 1.34. The first-order chi connectivity index (χ1) is 18.7. The van der Waals surface area contributed by atoms with Gasteiger partial charge in [-0.25, -0.2) is 0 Å². The van der Waals surface area contributed by atoms with E-state index in [0.717, 1.165) is 29.5 Å². The van der Waals surface area contributed by atoms with Crippen molar-refractivity contribution in [2.45, 2.75) is 71.7 Å². The normalized spacial score (nSPS) is 31.4. The van der Waals surface area contributed by atoms with E-state index in [1.807, 2.05) is 36.4 Å². The fourth-order valence-electron chi connectivity index (χ4n) is 7.47. The topological polar surface area (TPSA) is 90.9 Å². The van der Waals surface area contributed by atoms with Gasteiger partial charge >= 0.3 is 0 Å². The number of amides is 2. The molecule has 0 radical (unpaired) electrons. The van der Waals surface area contributed by atoms with Crippen LogP contribution in [0.25, 0.3) is 11.1 Å². The molecule has 7 atom stereocenters. The summed E-state index contributed by atoms with van der Waals surface area (Å²) in [4.78, 5) is 32.2. The van der Waals surface area contributed by atoms with E-state index in [4.69, 9.17) is 4.84 Å². The van der Waals surface area contributed by atoms with E-state index >= 15 is 0 Å². The van der Waals surface area contributed by atoms with Crippen LogP contribution in [0.1, 0.15) is 62.9 Å². The lowest BCUT2D eigenvalue weighted by Crippen LogP contribution is -2.62. The summed E-state index contributed by atoms with van der Waals surface area (Å²) in [6.07, 6.45) is 2.63. The number of aliphatic hydroxyl groups excluding tert-OH is 1. The number of hydroxylamine groups is 2. The van der Waals surface area contributed by atoms with Gasteiger partial charge in [0, 0.05) is 24.6 Å².